The molecule has 112 valence electrons. The molecule has 0 amide bonds. The standard InChI is InChI=1S/C17H22N2O2/c1-3-20-13-8-6-12(7-9-13)14-15(19-21-16(14)18)17(2)10-4-5-11-17/h6-9H,3-5,10-11,18H2,1-2H3. The first-order valence-electron chi connectivity index (χ1n) is 7.63. The second kappa shape index (κ2) is 5.43. The highest BCUT2D eigenvalue weighted by atomic mass is 16.5. The van der Waals surface area contributed by atoms with Gasteiger partial charge in [-0.3, -0.25) is 0 Å². The number of nitrogens with zero attached hydrogens (tertiary/aromatic N) is 1. The molecule has 1 saturated carbocycles. The predicted molar refractivity (Wildman–Crippen MR) is 83.3 cm³/mol. The molecule has 0 unspecified atom stereocenters. The van der Waals surface area contributed by atoms with Crippen LogP contribution in [0.15, 0.2) is 28.8 Å². The van der Waals surface area contributed by atoms with Crippen LogP contribution < -0.4 is 10.5 Å². The summed E-state index contributed by atoms with van der Waals surface area (Å²) in [6, 6.07) is 7.98. The zero-order chi connectivity index (χ0) is 14.9. The zero-order valence-electron chi connectivity index (χ0n) is 12.7. The van der Waals surface area contributed by atoms with Gasteiger partial charge in [-0.2, -0.15) is 0 Å². The van der Waals surface area contributed by atoms with E-state index in [2.05, 4.69) is 12.1 Å². The maximum absolute atomic E-state index is 6.04. The van der Waals surface area contributed by atoms with Crippen LogP contribution in [0.5, 0.6) is 5.75 Å². The van der Waals surface area contributed by atoms with Crippen LogP contribution in [0.25, 0.3) is 11.1 Å². The lowest BCUT2D eigenvalue weighted by Crippen LogP contribution is -2.18. The lowest BCUT2D eigenvalue weighted by atomic mass is 9.81. The molecule has 4 heteroatoms. The monoisotopic (exact) mass is 286 g/mol. The van der Waals surface area contributed by atoms with E-state index in [1.165, 1.54) is 12.8 Å². The summed E-state index contributed by atoms with van der Waals surface area (Å²) in [7, 11) is 0. The second-order valence-corrected chi connectivity index (χ2v) is 6.00. The molecule has 1 fully saturated rings. The van der Waals surface area contributed by atoms with Crippen molar-refractivity contribution < 1.29 is 9.26 Å². The van der Waals surface area contributed by atoms with Crippen molar-refractivity contribution in [3.05, 3.63) is 30.0 Å². The quantitative estimate of drug-likeness (QED) is 0.917. The van der Waals surface area contributed by atoms with Crippen molar-refractivity contribution in [3.8, 4) is 16.9 Å². The Bertz CT molecular complexity index is 610. The minimum atomic E-state index is 0.0784. The molecule has 2 aromatic rings. The van der Waals surface area contributed by atoms with Crippen LogP contribution in [0, 0.1) is 0 Å². The number of ether oxygens (including phenoxy) is 1. The molecule has 0 saturated heterocycles. The summed E-state index contributed by atoms with van der Waals surface area (Å²) in [6.07, 6.45) is 4.77. The number of nitrogen functional groups attached to an aromatic ring is 1. The van der Waals surface area contributed by atoms with Crippen LogP contribution in [0.2, 0.25) is 0 Å². The summed E-state index contributed by atoms with van der Waals surface area (Å²) in [5, 5.41) is 4.27. The molecule has 0 bridgehead atoms. The van der Waals surface area contributed by atoms with Gasteiger partial charge in [0, 0.05) is 5.41 Å². The molecule has 1 aliphatic carbocycles. The highest BCUT2D eigenvalue weighted by molar-refractivity contribution is 5.76. The summed E-state index contributed by atoms with van der Waals surface area (Å²) in [4.78, 5) is 0. The average molecular weight is 286 g/mol. The largest absolute Gasteiger partial charge is 0.494 e. The number of hydrogen-bond acceptors (Lipinski definition) is 4. The number of nitrogens with two attached hydrogens (primary N) is 1. The first-order valence-corrected chi connectivity index (χ1v) is 7.63. The number of hydrogen-bond donors (Lipinski definition) is 1. The van der Waals surface area contributed by atoms with Gasteiger partial charge in [0.1, 0.15) is 5.75 Å². The van der Waals surface area contributed by atoms with Gasteiger partial charge in [0.25, 0.3) is 0 Å². The molecule has 0 aliphatic heterocycles. The Morgan fingerprint density at radius 1 is 1.24 bits per heavy atom. The molecule has 1 heterocycles. The van der Waals surface area contributed by atoms with Crippen LogP contribution in [0.4, 0.5) is 5.88 Å². The molecular weight excluding hydrogens is 264 g/mol. The maximum Gasteiger partial charge on any atom is 0.230 e. The molecular formula is C17H22N2O2. The van der Waals surface area contributed by atoms with Crippen LogP contribution in [-0.4, -0.2) is 11.8 Å². The number of benzene rings is 1. The van der Waals surface area contributed by atoms with Crippen LogP contribution in [0.3, 0.4) is 0 Å². The fraction of sp³-hybridized carbons (Fsp3) is 0.471. The molecule has 3 rings (SSSR count). The Hall–Kier alpha value is -1.97. The number of rotatable bonds is 4. The fourth-order valence-electron chi connectivity index (χ4n) is 3.27. The molecule has 21 heavy (non-hydrogen) atoms. The first kappa shape index (κ1) is 14.0. The van der Waals surface area contributed by atoms with Crippen LogP contribution in [-0.2, 0) is 5.41 Å². The smallest absolute Gasteiger partial charge is 0.230 e. The van der Waals surface area contributed by atoms with Gasteiger partial charge in [-0.15, -0.1) is 0 Å². The van der Waals surface area contributed by atoms with E-state index in [4.69, 9.17) is 15.0 Å². The van der Waals surface area contributed by atoms with Crippen molar-refractivity contribution in [1.29, 1.82) is 0 Å². The Labute approximate surface area is 125 Å². The van der Waals surface area contributed by atoms with Crippen molar-refractivity contribution in [3.63, 3.8) is 0 Å². The molecule has 2 N–H and O–H groups in total. The van der Waals surface area contributed by atoms with Crippen molar-refractivity contribution in [2.24, 2.45) is 0 Å². The predicted octanol–water partition coefficient (Wildman–Crippen LogP) is 4.15. The Balaban J connectivity index is 2.00. The Morgan fingerprint density at radius 3 is 2.52 bits per heavy atom. The molecule has 1 aromatic carbocycles. The minimum Gasteiger partial charge on any atom is -0.494 e. The topological polar surface area (TPSA) is 61.3 Å². The molecule has 0 atom stereocenters. The lowest BCUT2D eigenvalue weighted by molar-refractivity contribution is 0.340. The maximum atomic E-state index is 6.04. The highest BCUT2D eigenvalue weighted by Crippen LogP contribution is 2.45. The van der Waals surface area contributed by atoms with Crippen LogP contribution >= 0.6 is 0 Å². The van der Waals surface area contributed by atoms with E-state index >= 15 is 0 Å². The van der Waals surface area contributed by atoms with Gasteiger partial charge >= 0.3 is 0 Å². The van der Waals surface area contributed by atoms with Crippen LogP contribution in [0.1, 0.15) is 45.2 Å². The van der Waals surface area contributed by atoms with E-state index in [-0.39, 0.29) is 5.41 Å². The summed E-state index contributed by atoms with van der Waals surface area (Å²) >= 11 is 0. The van der Waals surface area contributed by atoms with Crippen molar-refractivity contribution in [2.75, 3.05) is 12.3 Å². The van der Waals surface area contributed by atoms with Gasteiger partial charge in [-0.05, 0) is 37.5 Å². The van der Waals surface area contributed by atoms with Gasteiger partial charge in [-0.1, -0.05) is 37.1 Å². The van der Waals surface area contributed by atoms with E-state index in [9.17, 15) is 0 Å². The van der Waals surface area contributed by atoms with E-state index in [1.54, 1.807) is 0 Å². The first-order chi connectivity index (χ1) is 10.1. The van der Waals surface area contributed by atoms with E-state index in [1.807, 2.05) is 31.2 Å². The zero-order valence-corrected chi connectivity index (χ0v) is 12.7. The molecule has 0 radical (unpaired) electrons. The average Bonchev–Trinajstić information content (AvgIpc) is 3.08. The second-order valence-electron chi connectivity index (χ2n) is 6.00. The van der Waals surface area contributed by atoms with Gasteiger partial charge in [-0.25, -0.2) is 0 Å². The normalized spacial score (nSPS) is 17.0. The third-order valence-corrected chi connectivity index (χ3v) is 4.45. The molecule has 1 aliphatic rings. The molecule has 0 spiro atoms. The number of aromatic nitrogens is 1. The fourth-order valence-corrected chi connectivity index (χ4v) is 3.27. The van der Waals surface area contributed by atoms with Crippen molar-refractivity contribution >= 4 is 5.88 Å². The van der Waals surface area contributed by atoms with Crippen molar-refractivity contribution in [1.82, 2.24) is 5.16 Å². The minimum absolute atomic E-state index is 0.0784. The van der Waals surface area contributed by atoms with E-state index in [0.717, 1.165) is 35.4 Å². The summed E-state index contributed by atoms with van der Waals surface area (Å²) in [5.41, 5.74) is 9.10. The van der Waals surface area contributed by atoms with E-state index in [0.29, 0.717) is 12.5 Å². The van der Waals surface area contributed by atoms with Gasteiger partial charge < -0.3 is 15.0 Å². The molecule has 4 nitrogen and oxygen atoms in total. The van der Waals surface area contributed by atoms with E-state index < -0.39 is 0 Å². The molecule has 1 aromatic heterocycles. The van der Waals surface area contributed by atoms with Gasteiger partial charge in [0.15, 0.2) is 0 Å². The highest BCUT2D eigenvalue weighted by Gasteiger charge is 2.37. The summed E-state index contributed by atoms with van der Waals surface area (Å²) in [5.74, 6) is 1.27. The third kappa shape index (κ3) is 2.50. The van der Waals surface area contributed by atoms with Crippen molar-refractivity contribution in [2.45, 2.75) is 44.9 Å². The van der Waals surface area contributed by atoms with Gasteiger partial charge in [0.2, 0.25) is 5.88 Å². The Kier molecular flexibility index (Phi) is 3.62. The lowest BCUT2D eigenvalue weighted by Gasteiger charge is -2.21. The number of anilines is 1. The summed E-state index contributed by atoms with van der Waals surface area (Å²) in [6.45, 7) is 4.90. The summed E-state index contributed by atoms with van der Waals surface area (Å²) < 4.78 is 10.8. The Morgan fingerprint density at radius 2 is 1.90 bits per heavy atom. The van der Waals surface area contributed by atoms with Gasteiger partial charge in [0.05, 0.1) is 17.9 Å². The SMILES string of the molecule is CCOc1ccc(-c2c(C3(C)CCCC3)noc2N)cc1. The third-order valence-electron chi connectivity index (χ3n) is 4.45.